The summed E-state index contributed by atoms with van der Waals surface area (Å²) in [7, 11) is 4.13. The number of hydrogen-bond donors (Lipinski definition) is 2. The third-order valence-corrected chi connectivity index (χ3v) is 4.47. The van der Waals surface area contributed by atoms with E-state index in [2.05, 4.69) is 46.5 Å². The highest BCUT2D eigenvalue weighted by Crippen LogP contribution is 2.31. The molecule has 3 heterocycles. The van der Waals surface area contributed by atoms with Gasteiger partial charge in [0.05, 0.1) is 11.2 Å². The van der Waals surface area contributed by atoms with E-state index in [4.69, 9.17) is 4.74 Å². The smallest absolute Gasteiger partial charge is 0.145 e. The standard InChI is InChI=1S/C20H22N4O2/c1-23(2)10-11-24-9-8-15-17(13-26-19(15)12-24)22-20-7-6-14-16(21-20)4-3-5-18(14)25/h3-9,12,25H,10-11,13H2,1-2H3,(H,21,22). The highest BCUT2D eigenvalue weighted by atomic mass is 16.5. The van der Waals surface area contributed by atoms with Gasteiger partial charge in [0.1, 0.15) is 23.9 Å². The van der Waals surface area contributed by atoms with Gasteiger partial charge in [0.25, 0.3) is 0 Å². The first-order valence-electron chi connectivity index (χ1n) is 8.63. The highest BCUT2D eigenvalue weighted by Gasteiger charge is 2.23. The number of aromatic nitrogens is 1. The van der Waals surface area contributed by atoms with Crippen LogP contribution in [0.5, 0.6) is 5.75 Å². The predicted molar refractivity (Wildman–Crippen MR) is 102 cm³/mol. The van der Waals surface area contributed by atoms with Gasteiger partial charge in [0, 0.05) is 36.4 Å². The van der Waals surface area contributed by atoms with Gasteiger partial charge in [-0.3, -0.25) is 0 Å². The summed E-state index contributed by atoms with van der Waals surface area (Å²) in [6.07, 6.45) is 6.19. The van der Waals surface area contributed by atoms with Crippen molar-refractivity contribution in [2.24, 2.45) is 0 Å². The van der Waals surface area contributed by atoms with Crippen molar-refractivity contribution < 1.29 is 9.84 Å². The molecular weight excluding hydrogens is 328 g/mol. The second-order valence-electron chi connectivity index (χ2n) is 6.70. The summed E-state index contributed by atoms with van der Waals surface area (Å²) >= 11 is 0. The zero-order chi connectivity index (χ0) is 18.1. The average Bonchev–Trinajstić information content (AvgIpc) is 3.02. The van der Waals surface area contributed by atoms with Crippen LogP contribution in [-0.4, -0.2) is 53.7 Å². The molecule has 0 atom stereocenters. The minimum absolute atomic E-state index is 0.242. The summed E-state index contributed by atoms with van der Waals surface area (Å²) in [4.78, 5) is 8.87. The van der Waals surface area contributed by atoms with Crippen LogP contribution in [0.25, 0.3) is 10.9 Å². The first-order chi connectivity index (χ1) is 12.6. The molecule has 0 amide bonds. The van der Waals surface area contributed by atoms with E-state index >= 15 is 0 Å². The van der Waals surface area contributed by atoms with Gasteiger partial charge in [0.15, 0.2) is 0 Å². The molecule has 2 aromatic rings. The Balaban J connectivity index is 1.54. The van der Waals surface area contributed by atoms with Crippen molar-refractivity contribution in [3.8, 4) is 5.75 Å². The van der Waals surface area contributed by atoms with Crippen molar-refractivity contribution in [1.82, 2.24) is 14.8 Å². The van der Waals surface area contributed by atoms with Crippen LogP contribution in [0, 0.1) is 0 Å². The lowest BCUT2D eigenvalue weighted by molar-refractivity contribution is 0.258. The summed E-state index contributed by atoms with van der Waals surface area (Å²) in [5.74, 6) is 1.86. The van der Waals surface area contributed by atoms with Crippen LogP contribution in [-0.2, 0) is 4.74 Å². The zero-order valence-corrected chi connectivity index (χ0v) is 14.9. The van der Waals surface area contributed by atoms with Crippen LogP contribution in [0.1, 0.15) is 0 Å². The maximum absolute atomic E-state index is 9.89. The molecule has 134 valence electrons. The number of rotatable bonds is 5. The molecule has 2 N–H and O–H groups in total. The second-order valence-corrected chi connectivity index (χ2v) is 6.70. The molecule has 0 fully saturated rings. The number of hydrogen-bond acceptors (Lipinski definition) is 6. The maximum atomic E-state index is 9.89. The molecule has 0 saturated carbocycles. The predicted octanol–water partition coefficient (Wildman–Crippen LogP) is 2.87. The molecule has 6 heteroatoms. The molecule has 0 unspecified atom stereocenters. The number of anilines is 1. The average molecular weight is 350 g/mol. The highest BCUT2D eigenvalue weighted by molar-refractivity contribution is 5.86. The van der Waals surface area contributed by atoms with Crippen LogP contribution in [0.15, 0.2) is 65.8 Å². The fourth-order valence-corrected chi connectivity index (χ4v) is 3.03. The molecule has 4 rings (SSSR count). The van der Waals surface area contributed by atoms with Crippen LogP contribution in [0.3, 0.4) is 0 Å². The van der Waals surface area contributed by atoms with Crippen molar-refractivity contribution in [2.45, 2.75) is 0 Å². The second kappa shape index (κ2) is 6.72. The number of fused-ring (bicyclic) bond motifs is 2. The molecule has 0 spiro atoms. The van der Waals surface area contributed by atoms with E-state index in [0.29, 0.717) is 6.61 Å². The number of pyridine rings is 1. The number of allylic oxidation sites excluding steroid dienone is 1. The summed E-state index contributed by atoms with van der Waals surface area (Å²) in [5, 5.41) is 14.0. The SMILES string of the molecule is CN(C)CCN1C=CC2=C(Nc3ccc4c(O)cccc4n3)COC2=C1. The lowest BCUT2D eigenvalue weighted by Crippen LogP contribution is -2.26. The minimum atomic E-state index is 0.242. The van der Waals surface area contributed by atoms with Gasteiger partial charge in [0.2, 0.25) is 0 Å². The van der Waals surface area contributed by atoms with Crippen molar-refractivity contribution in [1.29, 1.82) is 0 Å². The Kier molecular flexibility index (Phi) is 4.26. The maximum Gasteiger partial charge on any atom is 0.145 e. The number of nitrogens with one attached hydrogen (secondary N) is 1. The monoisotopic (exact) mass is 350 g/mol. The summed E-state index contributed by atoms with van der Waals surface area (Å²) in [6, 6.07) is 9.09. The Morgan fingerprint density at radius 1 is 1.27 bits per heavy atom. The molecule has 0 aliphatic carbocycles. The van der Waals surface area contributed by atoms with Gasteiger partial charge in [-0.15, -0.1) is 0 Å². The number of aromatic hydroxyl groups is 1. The minimum Gasteiger partial charge on any atom is -0.507 e. The van der Waals surface area contributed by atoms with E-state index in [9.17, 15) is 5.11 Å². The fraction of sp³-hybridized carbons (Fsp3) is 0.250. The van der Waals surface area contributed by atoms with Crippen LogP contribution >= 0.6 is 0 Å². The number of benzene rings is 1. The van der Waals surface area contributed by atoms with Crippen LogP contribution in [0.4, 0.5) is 5.82 Å². The number of ether oxygens (including phenoxy) is 1. The first kappa shape index (κ1) is 16.5. The van der Waals surface area contributed by atoms with Gasteiger partial charge in [-0.25, -0.2) is 4.98 Å². The summed E-state index contributed by atoms with van der Waals surface area (Å²) in [5.41, 5.74) is 2.81. The normalized spacial score (nSPS) is 16.1. The van der Waals surface area contributed by atoms with Crippen molar-refractivity contribution in [3.05, 3.63) is 65.8 Å². The van der Waals surface area contributed by atoms with E-state index in [-0.39, 0.29) is 5.75 Å². The lowest BCUT2D eigenvalue weighted by Gasteiger charge is -2.22. The van der Waals surface area contributed by atoms with E-state index in [1.807, 2.05) is 24.4 Å². The molecule has 0 radical (unpaired) electrons. The Morgan fingerprint density at radius 2 is 2.15 bits per heavy atom. The van der Waals surface area contributed by atoms with Gasteiger partial charge >= 0.3 is 0 Å². The van der Waals surface area contributed by atoms with Crippen LogP contribution in [0.2, 0.25) is 0 Å². The van der Waals surface area contributed by atoms with Crippen molar-refractivity contribution in [2.75, 3.05) is 39.1 Å². The number of phenols is 1. The van der Waals surface area contributed by atoms with Gasteiger partial charge in [-0.1, -0.05) is 6.07 Å². The van der Waals surface area contributed by atoms with Gasteiger partial charge < -0.3 is 25.0 Å². The van der Waals surface area contributed by atoms with E-state index in [0.717, 1.165) is 46.8 Å². The third kappa shape index (κ3) is 3.23. The molecule has 2 aliphatic heterocycles. The molecule has 6 nitrogen and oxygen atoms in total. The van der Waals surface area contributed by atoms with E-state index < -0.39 is 0 Å². The molecule has 1 aromatic carbocycles. The van der Waals surface area contributed by atoms with Crippen molar-refractivity contribution >= 4 is 16.7 Å². The zero-order valence-electron chi connectivity index (χ0n) is 14.9. The number of nitrogens with zero attached hydrogens (tertiary/aromatic N) is 3. The molecule has 26 heavy (non-hydrogen) atoms. The van der Waals surface area contributed by atoms with Crippen molar-refractivity contribution in [3.63, 3.8) is 0 Å². The topological polar surface area (TPSA) is 60.9 Å². The first-order valence-corrected chi connectivity index (χ1v) is 8.63. The largest absolute Gasteiger partial charge is 0.507 e. The Labute approximate surface area is 152 Å². The van der Waals surface area contributed by atoms with E-state index in [1.165, 1.54) is 0 Å². The third-order valence-electron chi connectivity index (χ3n) is 4.47. The Hall–Kier alpha value is -2.99. The van der Waals surface area contributed by atoms with Crippen LogP contribution < -0.4 is 5.32 Å². The molecule has 1 aromatic heterocycles. The summed E-state index contributed by atoms with van der Waals surface area (Å²) < 4.78 is 5.84. The summed E-state index contributed by atoms with van der Waals surface area (Å²) in [6.45, 7) is 2.39. The lowest BCUT2D eigenvalue weighted by atomic mass is 10.1. The quantitative estimate of drug-likeness (QED) is 0.865. The van der Waals surface area contributed by atoms with E-state index in [1.54, 1.807) is 12.1 Å². The molecule has 0 saturated heterocycles. The Bertz CT molecular complexity index is 931. The molecular formula is C20H22N4O2. The molecule has 2 aliphatic rings. The fourth-order valence-electron chi connectivity index (χ4n) is 3.03. The van der Waals surface area contributed by atoms with Gasteiger partial charge in [-0.05, 0) is 44.4 Å². The number of phenolic OH excluding ortho intramolecular Hbond substituents is 1. The van der Waals surface area contributed by atoms with Gasteiger partial charge in [-0.2, -0.15) is 0 Å². The molecule has 0 bridgehead atoms. The Morgan fingerprint density at radius 3 is 3.00 bits per heavy atom. The number of likely N-dealkylation sites (N-methyl/N-ethyl adjacent to an activating group) is 1.